The number of ether oxygens (including phenoxy) is 2. The molecule has 164 valence electrons. The van der Waals surface area contributed by atoms with Crippen molar-refractivity contribution in [2.45, 2.75) is 26.2 Å². The second-order valence-corrected chi connectivity index (χ2v) is 8.45. The van der Waals surface area contributed by atoms with Crippen molar-refractivity contribution in [2.24, 2.45) is 11.7 Å². The molecule has 1 aliphatic rings. The summed E-state index contributed by atoms with van der Waals surface area (Å²) in [7, 11) is 1.42. The number of benzene rings is 1. The molecule has 0 fully saturated rings. The van der Waals surface area contributed by atoms with E-state index in [2.05, 4.69) is 12.2 Å². The summed E-state index contributed by atoms with van der Waals surface area (Å²) in [4.78, 5) is 37.2. The number of hydrogen-bond donors (Lipinski definition) is 3. The van der Waals surface area contributed by atoms with Gasteiger partial charge in [0, 0.05) is 11.0 Å². The Morgan fingerprint density at radius 1 is 1.35 bits per heavy atom. The van der Waals surface area contributed by atoms with Crippen LogP contribution in [0, 0.1) is 5.92 Å². The summed E-state index contributed by atoms with van der Waals surface area (Å²) in [5.41, 5.74) is 7.42. The maximum Gasteiger partial charge on any atom is 0.331 e. The molecule has 0 aliphatic heterocycles. The molecular formula is C22H24N2O6S. The number of nitrogens with one attached hydrogen (secondary N) is 1. The van der Waals surface area contributed by atoms with Gasteiger partial charge in [-0.15, -0.1) is 11.3 Å². The Bertz CT molecular complexity index is 1040. The van der Waals surface area contributed by atoms with Gasteiger partial charge in [0.25, 0.3) is 11.8 Å². The van der Waals surface area contributed by atoms with Crippen molar-refractivity contribution in [3.8, 4) is 11.5 Å². The quantitative estimate of drug-likeness (QED) is 0.445. The number of phenolic OH excluding ortho intramolecular Hbond substituents is 1. The van der Waals surface area contributed by atoms with Crippen molar-refractivity contribution in [3.63, 3.8) is 0 Å². The lowest BCUT2D eigenvalue weighted by Gasteiger charge is -2.18. The number of nitrogens with two attached hydrogens (primary N) is 1. The minimum atomic E-state index is -0.711. The van der Waals surface area contributed by atoms with E-state index in [0.717, 1.165) is 29.7 Å². The van der Waals surface area contributed by atoms with Crippen molar-refractivity contribution >= 4 is 40.2 Å². The fourth-order valence-corrected chi connectivity index (χ4v) is 4.84. The number of carbonyl (C=O) groups is 3. The van der Waals surface area contributed by atoms with E-state index in [1.165, 1.54) is 36.7 Å². The number of esters is 1. The molecule has 31 heavy (non-hydrogen) atoms. The standard InChI is InChI=1S/C22H24N2O6S/c1-12-3-6-14-17(9-12)31-22(20(14)21(23)28)24-18(26)11-30-19(27)8-5-13-4-7-15(25)16(10-13)29-2/h4-5,7-8,10,12,25H,3,6,9,11H2,1-2H3,(H2,23,28)(H,24,26)/b8-5+/t12-/m0/s1. The summed E-state index contributed by atoms with van der Waals surface area (Å²) in [6, 6.07) is 4.59. The highest BCUT2D eigenvalue weighted by Crippen LogP contribution is 2.39. The molecule has 1 aromatic carbocycles. The molecule has 0 saturated carbocycles. The van der Waals surface area contributed by atoms with Crippen molar-refractivity contribution in [1.82, 2.24) is 0 Å². The fraction of sp³-hybridized carbons (Fsp3) is 0.318. The van der Waals surface area contributed by atoms with Crippen LogP contribution in [-0.2, 0) is 27.2 Å². The SMILES string of the molecule is COc1cc(/C=C/C(=O)OCC(=O)Nc2sc3c(c2C(N)=O)CC[C@H](C)C3)ccc1O. The summed E-state index contributed by atoms with van der Waals surface area (Å²) in [6.45, 7) is 1.64. The van der Waals surface area contributed by atoms with Crippen molar-refractivity contribution < 1.29 is 29.0 Å². The van der Waals surface area contributed by atoms with E-state index in [9.17, 15) is 19.5 Å². The highest BCUT2D eigenvalue weighted by molar-refractivity contribution is 7.17. The minimum absolute atomic E-state index is 0.0149. The third-order valence-electron chi connectivity index (χ3n) is 4.97. The fourth-order valence-electron chi connectivity index (χ4n) is 3.41. The topological polar surface area (TPSA) is 128 Å². The zero-order chi connectivity index (χ0) is 22.5. The Morgan fingerprint density at radius 3 is 2.84 bits per heavy atom. The Morgan fingerprint density at radius 2 is 2.13 bits per heavy atom. The highest BCUT2D eigenvalue weighted by Gasteiger charge is 2.27. The van der Waals surface area contributed by atoms with E-state index >= 15 is 0 Å². The van der Waals surface area contributed by atoms with Crippen molar-refractivity contribution in [2.75, 3.05) is 19.0 Å². The van der Waals surface area contributed by atoms with Crippen LogP contribution in [0.3, 0.4) is 0 Å². The number of amides is 2. The molecule has 0 saturated heterocycles. The van der Waals surface area contributed by atoms with Gasteiger partial charge >= 0.3 is 5.97 Å². The minimum Gasteiger partial charge on any atom is -0.504 e. The average Bonchev–Trinajstić information content (AvgIpc) is 3.08. The molecule has 1 heterocycles. The molecule has 1 aromatic heterocycles. The van der Waals surface area contributed by atoms with Crippen LogP contribution < -0.4 is 15.8 Å². The molecule has 4 N–H and O–H groups in total. The Labute approximate surface area is 183 Å². The molecule has 1 atom stereocenters. The molecule has 0 unspecified atom stereocenters. The Balaban J connectivity index is 1.59. The van der Waals surface area contributed by atoms with Crippen LogP contribution in [-0.4, -0.2) is 36.6 Å². The summed E-state index contributed by atoms with van der Waals surface area (Å²) in [5.74, 6) is -1.07. The highest BCUT2D eigenvalue weighted by atomic mass is 32.1. The van der Waals surface area contributed by atoms with Crippen LogP contribution in [0.4, 0.5) is 5.00 Å². The molecule has 0 spiro atoms. The predicted octanol–water partition coefficient (Wildman–Crippen LogP) is 2.88. The molecular weight excluding hydrogens is 420 g/mol. The number of fused-ring (bicyclic) bond motifs is 1. The first kappa shape index (κ1) is 22.4. The molecule has 8 nitrogen and oxygen atoms in total. The largest absolute Gasteiger partial charge is 0.504 e. The second-order valence-electron chi connectivity index (χ2n) is 7.34. The van der Waals surface area contributed by atoms with Crippen LogP contribution >= 0.6 is 11.3 Å². The van der Waals surface area contributed by atoms with E-state index in [1.54, 1.807) is 12.1 Å². The van der Waals surface area contributed by atoms with Gasteiger partial charge in [-0.3, -0.25) is 9.59 Å². The first-order valence-corrected chi connectivity index (χ1v) is 10.6. The van der Waals surface area contributed by atoms with Crippen LogP contribution in [0.2, 0.25) is 0 Å². The Kier molecular flexibility index (Phi) is 6.96. The first-order valence-electron chi connectivity index (χ1n) is 9.74. The normalized spacial score (nSPS) is 15.4. The monoisotopic (exact) mass is 444 g/mol. The lowest BCUT2D eigenvalue weighted by atomic mass is 9.88. The maximum atomic E-state index is 12.3. The maximum absolute atomic E-state index is 12.3. The predicted molar refractivity (Wildman–Crippen MR) is 117 cm³/mol. The van der Waals surface area contributed by atoms with E-state index in [-0.39, 0.29) is 11.5 Å². The lowest BCUT2D eigenvalue weighted by molar-refractivity contribution is -0.142. The lowest BCUT2D eigenvalue weighted by Crippen LogP contribution is -2.22. The van der Waals surface area contributed by atoms with Gasteiger partial charge in [-0.25, -0.2) is 4.79 Å². The number of phenols is 1. The van der Waals surface area contributed by atoms with Crippen molar-refractivity contribution in [3.05, 3.63) is 45.8 Å². The number of aromatic hydroxyl groups is 1. The van der Waals surface area contributed by atoms with Crippen molar-refractivity contribution in [1.29, 1.82) is 0 Å². The zero-order valence-corrected chi connectivity index (χ0v) is 18.1. The number of primary amides is 1. The number of rotatable bonds is 7. The van der Waals surface area contributed by atoms with Gasteiger partial charge in [0.05, 0.1) is 12.7 Å². The molecule has 9 heteroatoms. The number of methoxy groups -OCH3 is 1. The number of hydrogen-bond acceptors (Lipinski definition) is 7. The first-order chi connectivity index (χ1) is 14.8. The number of thiophene rings is 1. The van der Waals surface area contributed by atoms with Gasteiger partial charge in [0.2, 0.25) is 0 Å². The van der Waals surface area contributed by atoms with Gasteiger partial charge in [-0.1, -0.05) is 13.0 Å². The van der Waals surface area contributed by atoms with Gasteiger partial charge in [-0.2, -0.15) is 0 Å². The van der Waals surface area contributed by atoms with Gasteiger partial charge in [0.15, 0.2) is 18.1 Å². The smallest absolute Gasteiger partial charge is 0.331 e. The van der Waals surface area contributed by atoms with Gasteiger partial charge in [-0.05, 0) is 54.5 Å². The van der Waals surface area contributed by atoms with Crippen LogP contribution in [0.15, 0.2) is 24.3 Å². The molecule has 2 aromatic rings. The van der Waals surface area contributed by atoms with Crippen LogP contribution in [0.1, 0.15) is 39.7 Å². The Hall–Kier alpha value is -3.33. The molecule has 2 amide bonds. The van der Waals surface area contributed by atoms with Crippen LogP contribution in [0.5, 0.6) is 11.5 Å². The third kappa shape index (κ3) is 5.43. The van der Waals surface area contributed by atoms with E-state index in [4.69, 9.17) is 15.2 Å². The van der Waals surface area contributed by atoms with E-state index in [1.807, 2.05) is 0 Å². The van der Waals surface area contributed by atoms with Crippen LogP contribution in [0.25, 0.3) is 6.08 Å². The number of anilines is 1. The second kappa shape index (κ2) is 9.65. The van der Waals surface area contributed by atoms with E-state index < -0.39 is 24.4 Å². The molecule has 0 radical (unpaired) electrons. The van der Waals surface area contributed by atoms with E-state index in [0.29, 0.717) is 22.0 Å². The molecule has 0 bridgehead atoms. The summed E-state index contributed by atoms with van der Waals surface area (Å²) in [5, 5.41) is 12.6. The van der Waals surface area contributed by atoms with Gasteiger partial charge in [0.1, 0.15) is 5.00 Å². The molecule has 3 rings (SSSR count). The van der Waals surface area contributed by atoms with Gasteiger partial charge < -0.3 is 25.6 Å². The zero-order valence-electron chi connectivity index (χ0n) is 17.3. The summed E-state index contributed by atoms with van der Waals surface area (Å²) in [6.07, 6.45) is 5.20. The molecule has 1 aliphatic carbocycles. The average molecular weight is 445 g/mol. The summed E-state index contributed by atoms with van der Waals surface area (Å²) >= 11 is 1.35. The third-order valence-corrected chi connectivity index (χ3v) is 6.14. The summed E-state index contributed by atoms with van der Waals surface area (Å²) < 4.78 is 9.97. The number of carbonyl (C=O) groups excluding carboxylic acids is 3.